The molecule has 0 aromatic rings. The van der Waals surface area contributed by atoms with E-state index in [0.717, 1.165) is 0 Å². The van der Waals surface area contributed by atoms with Crippen molar-refractivity contribution >= 4 is 15.3 Å². The average molecular weight is 217 g/mol. The zero-order valence-corrected chi connectivity index (χ0v) is 11.2. The molecule has 0 saturated carbocycles. The summed E-state index contributed by atoms with van der Waals surface area (Å²) >= 11 is 0. The van der Waals surface area contributed by atoms with E-state index in [1.165, 1.54) is 45.1 Å². The molecule has 0 saturated heterocycles. The van der Waals surface area contributed by atoms with E-state index in [0.29, 0.717) is 10.5 Å². The van der Waals surface area contributed by atoms with Crippen molar-refractivity contribution in [2.45, 2.75) is 45.4 Å². The van der Waals surface area contributed by atoms with Crippen LogP contribution in [0, 0.1) is 0 Å². The molecule has 0 amide bonds. The van der Waals surface area contributed by atoms with Gasteiger partial charge in [-0.15, -0.1) is 0 Å². The van der Waals surface area contributed by atoms with Gasteiger partial charge in [-0.1, -0.05) is 13.3 Å². The van der Waals surface area contributed by atoms with Gasteiger partial charge >= 0.3 is 0 Å². The monoisotopic (exact) mass is 217 g/mol. The van der Waals surface area contributed by atoms with Crippen LogP contribution in [0.15, 0.2) is 0 Å². The Bertz CT molecular complexity index is 160. The van der Waals surface area contributed by atoms with Crippen molar-refractivity contribution in [3.05, 3.63) is 0 Å². The Labute approximate surface area is 92.6 Å². The van der Waals surface area contributed by atoms with Gasteiger partial charge in [0, 0.05) is 0 Å². The van der Waals surface area contributed by atoms with E-state index >= 15 is 0 Å². The van der Waals surface area contributed by atoms with Crippen molar-refractivity contribution in [3.8, 4) is 0 Å². The summed E-state index contributed by atoms with van der Waals surface area (Å²) < 4.78 is 0. The minimum atomic E-state index is 0.536. The molecule has 0 aromatic heterocycles. The van der Waals surface area contributed by atoms with Crippen molar-refractivity contribution in [1.29, 1.82) is 0 Å². The lowest BCUT2D eigenvalue weighted by Crippen LogP contribution is -2.08. The van der Waals surface area contributed by atoms with E-state index in [1.54, 1.807) is 0 Å². The molecule has 0 rings (SSSR count). The van der Waals surface area contributed by atoms with Gasteiger partial charge in [0.05, 0.1) is 0 Å². The summed E-state index contributed by atoms with van der Waals surface area (Å²) in [7, 11) is 2.57. The van der Waals surface area contributed by atoms with Crippen LogP contribution in [0.3, 0.4) is 0 Å². The second-order valence-corrected chi connectivity index (χ2v) is 6.23. The molecule has 0 aliphatic rings. The van der Waals surface area contributed by atoms with Crippen molar-refractivity contribution < 1.29 is 0 Å². The molecule has 2 heteroatoms. The highest BCUT2D eigenvalue weighted by atomic mass is 32.2. The van der Waals surface area contributed by atoms with Gasteiger partial charge in [-0.05, 0) is 63.1 Å². The minimum absolute atomic E-state index is 0.536. The smallest absolute Gasteiger partial charge is 0.00518 e. The van der Waals surface area contributed by atoms with E-state index in [4.69, 9.17) is 0 Å². The molecule has 0 fully saturated rings. The quantitative estimate of drug-likeness (QED) is 0.486. The highest BCUT2D eigenvalue weighted by Gasteiger charge is 1.99. The van der Waals surface area contributed by atoms with Crippen LogP contribution in [0.4, 0.5) is 0 Å². The van der Waals surface area contributed by atoms with Crippen LogP contribution in [0.1, 0.15) is 45.4 Å². The molecule has 86 valence electrons. The van der Waals surface area contributed by atoms with Crippen LogP contribution < -0.4 is 5.32 Å². The number of rotatable bonds is 8. The molecular weight excluding hydrogens is 190 g/mol. The lowest BCUT2D eigenvalue weighted by molar-refractivity contribution is 0.689. The van der Waals surface area contributed by atoms with Gasteiger partial charge in [-0.3, -0.25) is 0 Å². The third kappa shape index (κ3) is 7.57. The first-order valence-corrected chi connectivity index (χ1v) is 7.83. The maximum absolute atomic E-state index is 3.21. The highest BCUT2D eigenvalue weighted by Crippen LogP contribution is 2.14. The summed E-state index contributed by atoms with van der Waals surface area (Å²) in [6.45, 7) is 3.45. The molecule has 0 spiro atoms. The summed E-state index contributed by atoms with van der Waals surface area (Å²) in [5.74, 6) is 0. The lowest BCUT2D eigenvalue weighted by Gasteiger charge is -2.09. The van der Waals surface area contributed by atoms with E-state index in [9.17, 15) is 0 Å². The molecule has 14 heavy (non-hydrogen) atoms. The Morgan fingerprint density at radius 3 is 2.21 bits per heavy atom. The summed E-state index contributed by atoms with van der Waals surface area (Å²) in [6.07, 6.45) is 12.9. The Morgan fingerprint density at radius 1 is 1.07 bits per heavy atom. The second kappa shape index (κ2) is 9.72. The molecule has 1 nitrogen and oxygen atoms in total. The maximum atomic E-state index is 3.21. The molecule has 0 aliphatic carbocycles. The fourth-order valence-corrected chi connectivity index (χ4v) is 2.64. The predicted octanol–water partition coefficient (Wildman–Crippen LogP) is 3.27. The first kappa shape index (κ1) is 14.2. The molecule has 0 heterocycles. The Kier molecular flexibility index (Phi) is 9.85. The van der Waals surface area contributed by atoms with Crippen LogP contribution in [0.25, 0.3) is 0 Å². The van der Waals surface area contributed by atoms with Crippen LogP contribution in [-0.2, 0) is 0 Å². The van der Waals surface area contributed by atoms with Crippen LogP contribution in [0.5, 0.6) is 0 Å². The molecule has 0 unspecified atom stereocenters. The molecular formula is C12H27NS. The zero-order valence-electron chi connectivity index (χ0n) is 10.4. The minimum Gasteiger partial charge on any atom is -0.320 e. The van der Waals surface area contributed by atoms with Gasteiger partial charge < -0.3 is 5.32 Å². The van der Waals surface area contributed by atoms with E-state index in [2.05, 4.69) is 24.8 Å². The van der Waals surface area contributed by atoms with Crippen molar-refractivity contribution in [2.24, 2.45) is 0 Å². The SMILES string of the molecule is CCCCC(CCCCNC)=S(C)C. The Balaban J connectivity index is 3.70. The topological polar surface area (TPSA) is 12.0 Å². The summed E-state index contributed by atoms with van der Waals surface area (Å²) in [5.41, 5.74) is 0. The van der Waals surface area contributed by atoms with E-state index in [1.807, 2.05) is 11.9 Å². The second-order valence-electron chi connectivity index (χ2n) is 4.02. The number of hydrogen-bond donors (Lipinski definition) is 1. The van der Waals surface area contributed by atoms with Gasteiger partial charge in [-0.25, -0.2) is 0 Å². The first-order chi connectivity index (χ1) is 6.72. The zero-order chi connectivity index (χ0) is 10.8. The average Bonchev–Trinajstić information content (AvgIpc) is 2.16. The van der Waals surface area contributed by atoms with E-state index < -0.39 is 0 Å². The largest absolute Gasteiger partial charge is 0.320 e. The number of unbranched alkanes of at least 4 members (excludes halogenated alkanes) is 2. The van der Waals surface area contributed by atoms with Crippen molar-refractivity contribution in [2.75, 3.05) is 26.1 Å². The molecule has 0 bridgehead atoms. The van der Waals surface area contributed by atoms with Crippen LogP contribution in [0.2, 0.25) is 0 Å². The fraction of sp³-hybridized carbons (Fsp3) is 0.917. The van der Waals surface area contributed by atoms with E-state index in [-0.39, 0.29) is 0 Å². The van der Waals surface area contributed by atoms with Crippen LogP contribution in [-0.4, -0.2) is 31.0 Å². The van der Waals surface area contributed by atoms with Gasteiger partial charge in [0.15, 0.2) is 0 Å². The lowest BCUT2D eigenvalue weighted by atomic mass is 10.1. The summed E-state index contributed by atoms with van der Waals surface area (Å²) in [4.78, 5) is 1.81. The molecule has 0 radical (unpaired) electrons. The standard InChI is InChI=1S/C12H27NS/c1-5-6-9-12(14(3)4)10-7-8-11-13-2/h13H,5-11H2,1-4H3. The third-order valence-corrected chi connectivity index (χ3v) is 4.08. The van der Waals surface area contributed by atoms with Gasteiger partial charge in [0.1, 0.15) is 0 Å². The van der Waals surface area contributed by atoms with Gasteiger partial charge in [0.2, 0.25) is 0 Å². The maximum Gasteiger partial charge on any atom is -0.00518 e. The highest BCUT2D eigenvalue weighted by molar-refractivity contribution is 8.14. The van der Waals surface area contributed by atoms with Crippen molar-refractivity contribution in [3.63, 3.8) is 0 Å². The molecule has 0 aliphatic heterocycles. The Hall–Kier alpha value is 0.180. The third-order valence-electron chi connectivity index (χ3n) is 2.52. The first-order valence-electron chi connectivity index (χ1n) is 5.79. The van der Waals surface area contributed by atoms with Crippen LogP contribution >= 0.6 is 10.5 Å². The summed E-state index contributed by atoms with van der Waals surface area (Å²) in [5, 5.41) is 3.21. The number of hydrogen-bond acceptors (Lipinski definition) is 1. The molecule has 0 atom stereocenters. The van der Waals surface area contributed by atoms with Gasteiger partial charge in [-0.2, -0.15) is 10.5 Å². The predicted molar refractivity (Wildman–Crippen MR) is 71.7 cm³/mol. The van der Waals surface area contributed by atoms with Crippen molar-refractivity contribution in [1.82, 2.24) is 5.32 Å². The summed E-state index contributed by atoms with van der Waals surface area (Å²) in [6, 6.07) is 0. The Morgan fingerprint density at radius 2 is 1.71 bits per heavy atom. The number of nitrogens with one attached hydrogen (secondary N) is 1. The molecule has 0 aromatic carbocycles. The molecule has 1 N–H and O–H groups in total. The fourth-order valence-electron chi connectivity index (χ4n) is 1.53. The van der Waals surface area contributed by atoms with Gasteiger partial charge in [0.25, 0.3) is 0 Å². The normalized spacial score (nSPS) is 10.9.